The van der Waals surface area contributed by atoms with Crippen molar-refractivity contribution < 1.29 is 17.9 Å². The molecule has 2 rings (SSSR count). The van der Waals surface area contributed by atoms with Crippen LogP contribution < -0.4 is 14.4 Å². The number of rotatable bonds is 5. The number of carbonyl (C=O) groups excluding carboxylic acids is 1. The number of carbonyl (C=O) groups is 1. The number of methoxy groups -OCH3 is 1. The van der Waals surface area contributed by atoms with Gasteiger partial charge in [-0.05, 0) is 48.9 Å². The molecule has 0 fully saturated rings. The van der Waals surface area contributed by atoms with E-state index in [1.165, 1.54) is 18.5 Å². The first-order valence-electron chi connectivity index (χ1n) is 7.33. The van der Waals surface area contributed by atoms with Gasteiger partial charge in [0.05, 0.1) is 24.1 Å². The molecule has 0 aliphatic heterocycles. The van der Waals surface area contributed by atoms with Crippen molar-refractivity contribution in [2.45, 2.75) is 6.92 Å². The zero-order chi connectivity index (χ0) is 18.8. The van der Waals surface area contributed by atoms with E-state index in [1.54, 1.807) is 43.3 Å². The molecule has 6 nitrogen and oxygen atoms in total. The summed E-state index contributed by atoms with van der Waals surface area (Å²) in [6, 6.07) is 9.75. The number of sulfonamides is 1. The highest BCUT2D eigenvalue weighted by molar-refractivity contribution is 7.92. The zero-order valence-corrected chi connectivity index (χ0v) is 15.9. The Labute approximate surface area is 152 Å². The number of halogens is 1. The van der Waals surface area contributed by atoms with Crippen molar-refractivity contribution in [3.8, 4) is 5.75 Å². The summed E-state index contributed by atoms with van der Waals surface area (Å²) in [5, 5.41) is 3.14. The summed E-state index contributed by atoms with van der Waals surface area (Å²) in [7, 11) is -0.385. The van der Waals surface area contributed by atoms with Crippen molar-refractivity contribution >= 4 is 38.9 Å². The van der Waals surface area contributed by atoms with Crippen molar-refractivity contribution in [2.75, 3.05) is 30.0 Å². The molecule has 0 radical (unpaired) electrons. The molecule has 0 aliphatic carbocycles. The maximum absolute atomic E-state index is 12.4. The Bertz CT molecular complexity index is 913. The van der Waals surface area contributed by atoms with Crippen LogP contribution in [0.2, 0.25) is 5.02 Å². The van der Waals surface area contributed by atoms with Crippen molar-refractivity contribution in [1.82, 2.24) is 0 Å². The number of aryl methyl sites for hydroxylation is 1. The number of nitrogens with zero attached hydrogens (tertiary/aromatic N) is 1. The van der Waals surface area contributed by atoms with Gasteiger partial charge in [0.15, 0.2) is 0 Å². The van der Waals surface area contributed by atoms with Gasteiger partial charge in [-0.25, -0.2) is 8.42 Å². The summed E-state index contributed by atoms with van der Waals surface area (Å²) in [4.78, 5) is 12.4. The van der Waals surface area contributed by atoms with E-state index in [0.717, 1.165) is 6.26 Å². The molecule has 0 aliphatic rings. The van der Waals surface area contributed by atoms with Gasteiger partial charge >= 0.3 is 0 Å². The van der Waals surface area contributed by atoms with E-state index in [4.69, 9.17) is 16.3 Å². The molecule has 134 valence electrons. The SMILES string of the molecule is COc1ccc(NC(=O)c2ccc(N(C)S(C)(=O)=O)c(C)c2)cc1Cl. The standard InChI is InChI=1S/C17H19ClN2O4S/c1-11-9-12(5-7-15(11)20(2)25(4,22)23)17(21)19-13-6-8-16(24-3)14(18)10-13/h5-10H,1-4H3,(H,19,21). The summed E-state index contributed by atoms with van der Waals surface area (Å²) in [6.07, 6.45) is 1.13. The predicted octanol–water partition coefficient (Wildman–Crippen LogP) is 3.31. The molecule has 2 aromatic rings. The number of hydrogen-bond acceptors (Lipinski definition) is 4. The molecule has 0 bridgehead atoms. The van der Waals surface area contributed by atoms with E-state index in [9.17, 15) is 13.2 Å². The number of anilines is 2. The number of benzene rings is 2. The Balaban J connectivity index is 2.23. The number of amides is 1. The lowest BCUT2D eigenvalue weighted by molar-refractivity contribution is 0.102. The topological polar surface area (TPSA) is 75.7 Å². The minimum Gasteiger partial charge on any atom is -0.495 e. The van der Waals surface area contributed by atoms with Gasteiger partial charge in [-0.15, -0.1) is 0 Å². The van der Waals surface area contributed by atoms with Crippen LogP contribution in [0.4, 0.5) is 11.4 Å². The Kier molecular flexibility index (Phi) is 5.59. The van der Waals surface area contributed by atoms with Gasteiger partial charge < -0.3 is 10.1 Å². The van der Waals surface area contributed by atoms with E-state index in [1.807, 2.05) is 0 Å². The summed E-state index contributed by atoms with van der Waals surface area (Å²) in [6.45, 7) is 1.75. The second kappa shape index (κ2) is 7.33. The second-order valence-electron chi connectivity index (χ2n) is 5.54. The lowest BCUT2D eigenvalue weighted by Gasteiger charge is -2.19. The van der Waals surface area contributed by atoms with E-state index >= 15 is 0 Å². The lowest BCUT2D eigenvalue weighted by Crippen LogP contribution is -2.25. The van der Waals surface area contributed by atoms with Crippen molar-refractivity contribution in [3.63, 3.8) is 0 Å². The van der Waals surface area contributed by atoms with E-state index in [0.29, 0.717) is 33.3 Å². The third-order valence-electron chi connectivity index (χ3n) is 3.71. The highest BCUT2D eigenvalue weighted by atomic mass is 35.5. The summed E-state index contributed by atoms with van der Waals surface area (Å²) >= 11 is 6.04. The molecule has 0 atom stereocenters. The average Bonchev–Trinajstić information content (AvgIpc) is 2.53. The number of hydrogen-bond donors (Lipinski definition) is 1. The monoisotopic (exact) mass is 382 g/mol. The molecule has 1 amide bonds. The van der Waals surface area contributed by atoms with Gasteiger partial charge in [0.1, 0.15) is 5.75 Å². The van der Waals surface area contributed by atoms with Crippen molar-refractivity contribution in [2.24, 2.45) is 0 Å². The zero-order valence-electron chi connectivity index (χ0n) is 14.3. The molecule has 0 heterocycles. The van der Waals surface area contributed by atoms with Gasteiger partial charge in [-0.3, -0.25) is 9.10 Å². The molecular weight excluding hydrogens is 364 g/mol. The number of nitrogens with one attached hydrogen (secondary N) is 1. The van der Waals surface area contributed by atoms with Gasteiger partial charge in [0.2, 0.25) is 10.0 Å². The van der Waals surface area contributed by atoms with Crippen molar-refractivity contribution in [1.29, 1.82) is 0 Å². The van der Waals surface area contributed by atoms with Crippen molar-refractivity contribution in [3.05, 3.63) is 52.5 Å². The third-order valence-corrected chi connectivity index (χ3v) is 5.19. The van der Waals surface area contributed by atoms with Crippen LogP contribution in [0.15, 0.2) is 36.4 Å². The first kappa shape index (κ1) is 19.1. The summed E-state index contributed by atoms with van der Waals surface area (Å²) < 4.78 is 29.5. The Morgan fingerprint density at radius 3 is 2.40 bits per heavy atom. The Morgan fingerprint density at radius 1 is 1.20 bits per heavy atom. The predicted molar refractivity (Wildman–Crippen MR) is 100 cm³/mol. The summed E-state index contributed by atoms with van der Waals surface area (Å²) in [5.41, 5.74) is 2.14. The number of ether oxygens (including phenoxy) is 1. The van der Waals surface area contributed by atoms with Crippen LogP contribution in [0.5, 0.6) is 5.75 Å². The van der Waals surface area contributed by atoms with Crippen LogP contribution in [0.25, 0.3) is 0 Å². The fraction of sp³-hybridized carbons (Fsp3) is 0.235. The molecule has 0 saturated carbocycles. The maximum atomic E-state index is 12.4. The Hall–Kier alpha value is -2.25. The van der Waals surface area contributed by atoms with Gasteiger partial charge in [0, 0.05) is 18.3 Å². The smallest absolute Gasteiger partial charge is 0.255 e. The minimum atomic E-state index is -3.37. The van der Waals surface area contributed by atoms with E-state index in [2.05, 4.69) is 5.32 Å². The quantitative estimate of drug-likeness (QED) is 0.860. The summed E-state index contributed by atoms with van der Waals surface area (Å²) in [5.74, 6) is 0.196. The van der Waals surface area contributed by atoms with E-state index in [-0.39, 0.29) is 5.91 Å². The fourth-order valence-electron chi connectivity index (χ4n) is 2.28. The van der Waals surface area contributed by atoms with Crippen LogP contribution in [-0.2, 0) is 10.0 Å². The highest BCUT2D eigenvalue weighted by Crippen LogP contribution is 2.28. The van der Waals surface area contributed by atoms with E-state index < -0.39 is 10.0 Å². The van der Waals surface area contributed by atoms with Gasteiger partial charge in [0.25, 0.3) is 5.91 Å². The van der Waals surface area contributed by atoms with Crippen LogP contribution in [0, 0.1) is 6.92 Å². The minimum absolute atomic E-state index is 0.321. The van der Waals surface area contributed by atoms with Crippen LogP contribution in [0.3, 0.4) is 0 Å². The first-order valence-corrected chi connectivity index (χ1v) is 9.55. The molecule has 1 N–H and O–H groups in total. The fourth-order valence-corrected chi connectivity index (χ4v) is 3.10. The third kappa shape index (κ3) is 4.43. The molecule has 0 spiro atoms. The van der Waals surface area contributed by atoms with Gasteiger partial charge in [-0.2, -0.15) is 0 Å². The molecule has 0 saturated heterocycles. The second-order valence-corrected chi connectivity index (χ2v) is 7.96. The Morgan fingerprint density at radius 2 is 1.88 bits per heavy atom. The molecule has 0 unspecified atom stereocenters. The lowest BCUT2D eigenvalue weighted by atomic mass is 10.1. The molecule has 8 heteroatoms. The molecule has 0 aromatic heterocycles. The highest BCUT2D eigenvalue weighted by Gasteiger charge is 2.16. The molecular formula is C17H19ClN2O4S. The molecule has 25 heavy (non-hydrogen) atoms. The molecule has 2 aromatic carbocycles. The largest absolute Gasteiger partial charge is 0.495 e. The van der Waals surface area contributed by atoms with Crippen LogP contribution in [-0.4, -0.2) is 34.7 Å². The first-order chi connectivity index (χ1) is 11.6. The maximum Gasteiger partial charge on any atom is 0.255 e. The van der Waals surface area contributed by atoms with Gasteiger partial charge in [-0.1, -0.05) is 11.6 Å². The average molecular weight is 383 g/mol. The van der Waals surface area contributed by atoms with Crippen LogP contribution in [0.1, 0.15) is 15.9 Å². The normalized spacial score (nSPS) is 11.1. The van der Waals surface area contributed by atoms with Crippen LogP contribution >= 0.6 is 11.6 Å².